The van der Waals surface area contributed by atoms with Crippen LogP contribution in [-0.2, 0) is 9.59 Å². The predicted molar refractivity (Wildman–Crippen MR) is 49.5 cm³/mol. The highest BCUT2D eigenvalue weighted by atomic mass is 16.4. The van der Waals surface area contributed by atoms with Crippen molar-refractivity contribution in [3.63, 3.8) is 0 Å². The fraction of sp³-hybridized carbons (Fsp3) is 0.750. The molecule has 0 saturated carbocycles. The molecule has 14 heavy (non-hydrogen) atoms. The molecule has 0 rings (SSSR count). The zero-order valence-corrected chi connectivity index (χ0v) is 8.23. The lowest BCUT2D eigenvalue weighted by Crippen LogP contribution is -2.47. The Balaban J connectivity index is 4.07. The van der Waals surface area contributed by atoms with Crippen molar-refractivity contribution >= 4 is 11.9 Å². The minimum absolute atomic E-state index is 0.132. The number of carbonyl (C=O) groups is 2. The summed E-state index contributed by atoms with van der Waals surface area (Å²) in [6.07, 6.45) is -1.35. The van der Waals surface area contributed by atoms with Gasteiger partial charge >= 0.3 is 5.97 Å². The van der Waals surface area contributed by atoms with Gasteiger partial charge in [-0.15, -0.1) is 0 Å². The number of carboxylic acid groups (broad SMARTS) is 1. The first-order valence-corrected chi connectivity index (χ1v) is 4.29. The monoisotopic (exact) mass is 204 g/mol. The molecule has 6 heteroatoms. The van der Waals surface area contributed by atoms with Gasteiger partial charge in [0.25, 0.3) is 0 Å². The van der Waals surface area contributed by atoms with E-state index in [2.05, 4.69) is 5.32 Å². The Labute approximate surface area is 82.1 Å². The summed E-state index contributed by atoms with van der Waals surface area (Å²) in [7, 11) is 0. The van der Waals surface area contributed by atoms with Gasteiger partial charge in [0, 0.05) is 6.54 Å². The Morgan fingerprint density at radius 3 is 2.21 bits per heavy atom. The fourth-order valence-corrected chi connectivity index (χ4v) is 0.947. The summed E-state index contributed by atoms with van der Waals surface area (Å²) in [6, 6.07) is -0.788. The fourth-order valence-electron chi connectivity index (χ4n) is 0.947. The largest absolute Gasteiger partial charge is 0.480 e. The number of carbonyl (C=O) groups excluding carboxylic acids is 1. The first-order valence-electron chi connectivity index (χ1n) is 4.29. The van der Waals surface area contributed by atoms with Crippen LogP contribution < -0.4 is 11.1 Å². The summed E-state index contributed by atoms with van der Waals surface area (Å²) < 4.78 is 0. The van der Waals surface area contributed by atoms with Crippen molar-refractivity contribution in [3.05, 3.63) is 0 Å². The van der Waals surface area contributed by atoms with E-state index >= 15 is 0 Å². The molecule has 0 aliphatic carbocycles. The Morgan fingerprint density at radius 2 is 1.93 bits per heavy atom. The number of amides is 1. The summed E-state index contributed by atoms with van der Waals surface area (Å²) in [5, 5.41) is 20.3. The number of carboxylic acids is 1. The molecular formula is C8H16N2O4. The summed E-state index contributed by atoms with van der Waals surface area (Å²) in [6.45, 7) is 3.30. The van der Waals surface area contributed by atoms with Crippen LogP contribution in [-0.4, -0.2) is 40.8 Å². The van der Waals surface area contributed by atoms with E-state index in [0.717, 1.165) is 0 Å². The minimum Gasteiger partial charge on any atom is -0.480 e. The molecule has 0 spiro atoms. The van der Waals surface area contributed by atoms with Gasteiger partial charge in [0.05, 0.1) is 0 Å². The van der Waals surface area contributed by atoms with Crippen molar-refractivity contribution < 1.29 is 19.8 Å². The maximum atomic E-state index is 10.7. The third-order valence-corrected chi connectivity index (χ3v) is 1.79. The molecule has 0 fully saturated rings. The zero-order chi connectivity index (χ0) is 11.3. The molecule has 6 nitrogen and oxygen atoms in total. The smallest absolute Gasteiger partial charge is 0.320 e. The highest BCUT2D eigenvalue weighted by Gasteiger charge is 2.22. The standard InChI is InChI=1S/C8H16N2O4/c1-4(2)6(8(13)14)10-3-5(11)7(9)12/h4-6,10-11H,3H2,1-2H3,(H2,9,12)(H,13,14)/t5?,6-/m0/s1. The third kappa shape index (κ3) is 4.20. The van der Waals surface area contributed by atoms with Crippen LogP contribution in [0.15, 0.2) is 0 Å². The Hall–Kier alpha value is -1.14. The molecule has 0 saturated heterocycles. The molecule has 0 heterocycles. The number of nitrogens with two attached hydrogens (primary N) is 1. The molecule has 0 aromatic carbocycles. The molecule has 0 aliphatic heterocycles. The average molecular weight is 204 g/mol. The van der Waals surface area contributed by atoms with Crippen molar-refractivity contribution in [1.29, 1.82) is 0 Å². The van der Waals surface area contributed by atoms with Crippen LogP contribution in [0.4, 0.5) is 0 Å². The van der Waals surface area contributed by atoms with Gasteiger partial charge in [-0.2, -0.15) is 0 Å². The predicted octanol–water partition coefficient (Wildman–Crippen LogP) is -1.47. The lowest BCUT2D eigenvalue weighted by molar-refractivity contribution is -0.141. The van der Waals surface area contributed by atoms with Crippen molar-refractivity contribution in [3.8, 4) is 0 Å². The summed E-state index contributed by atoms with van der Waals surface area (Å²) in [5.74, 6) is -2.02. The van der Waals surface area contributed by atoms with E-state index in [1.165, 1.54) is 0 Å². The molecule has 82 valence electrons. The van der Waals surface area contributed by atoms with Crippen LogP contribution in [0.5, 0.6) is 0 Å². The Bertz CT molecular complexity index is 217. The SMILES string of the molecule is CC(C)[C@H](NCC(O)C(N)=O)C(=O)O. The molecule has 0 radical (unpaired) electrons. The van der Waals surface area contributed by atoms with Gasteiger partial charge in [0.2, 0.25) is 5.91 Å². The van der Waals surface area contributed by atoms with Gasteiger partial charge in [-0.3, -0.25) is 9.59 Å². The molecule has 2 atom stereocenters. The lowest BCUT2D eigenvalue weighted by atomic mass is 10.0. The topological polar surface area (TPSA) is 113 Å². The quantitative estimate of drug-likeness (QED) is 0.422. The number of aliphatic hydroxyl groups is 1. The third-order valence-electron chi connectivity index (χ3n) is 1.79. The summed E-state index contributed by atoms with van der Waals surface area (Å²) in [4.78, 5) is 21.1. The molecule has 1 amide bonds. The number of hydrogen-bond acceptors (Lipinski definition) is 4. The maximum absolute atomic E-state index is 10.7. The highest BCUT2D eigenvalue weighted by molar-refractivity contribution is 5.79. The van der Waals surface area contributed by atoms with Gasteiger partial charge in [0.15, 0.2) is 0 Å². The Kier molecular flexibility index (Phi) is 5.11. The number of nitrogens with one attached hydrogen (secondary N) is 1. The number of aliphatic hydroxyl groups excluding tert-OH is 1. The highest BCUT2D eigenvalue weighted by Crippen LogP contribution is 2.01. The van der Waals surface area contributed by atoms with Crippen molar-refractivity contribution in [1.82, 2.24) is 5.32 Å². The van der Waals surface area contributed by atoms with E-state index in [1.807, 2.05) is 0 Å². The van der Waals surface area contributed by atoms with Gasteiger partial charge in [0.1, 0.15) is 12.1 Å². The van der Waals surface area contributed by atoms with Gasteiger partial charge in [-0.25, -0.2) is 0 Å². The molecule has 0 aromatic rings. The zero-order valence-electron chi connectivity index (χ0n) is 8.23. The van der Waals surface area contributed by atoms with Crippen LogP contribution in [0.1, 0.15) is 13.8 Å². The molecule has 1 unspecified atom stereocenters. The van der Waals surface area contributed by atoms with E-state index in [0.29, 0.717) is 0 Å². The summed E-state index contributed by atoms with van der Waals surface area (Å²) >= 11 is 0. The van der Waals surface area contributed by atoms with Crippen LogP contribution in [0.25, 0.3) is 0 Å². The number of rotatable bonds is 6. The first-order chi connectivity index (χ1) is 6.36. The first kappa shape index (κ1) is 12.9. The summed E-state index contributed by atoms with van der Waals surface area (Å²) in [5.41, 5.74) is 4.80. The number of primary amides is 1. The van der Waals surface area contributed by atoms with Gasteiger partial charge < -0.3 is 21.3 Å². The van der Waals surface area contributed by atoms with Crippen molar-refractivity contribution in [2.45, 2.75) is 26.0 Å². The minimum atomic E-state index is -1.35. The number of hydrogen-bond donors (Lipinski definition) is 4. The van der Waals surface area contributed by atoms with Gasteiger partial charge in [-0.05, 0) is 5.92 Å². The maximum Gasteiger partial charge on any atom is 0.320 e. The molecule has 0 bridgehead atoms. The second-order valence-electron chi connectivity index (χ2n) is 3.39. The second-order valence-corrected chi connectivity index (χ2v) is 3.39. The van der Waals surface area contributed by atoms with E-state index in [1.54, 1.807) is 13.8 Å². The van der Waals surface area contributed by atoms with Crippen LogP contribution in [0.3, 0.4) is 0 Å². The van der Waals surface area contributed by atoms with Crippen LogP contribution in [0, 0.1) is 5.92 Å². The van der Waals surface area contributed by atoms with E-state index < -0.39 is 24.0 Å². The van der Waals surface area contributed by atoms with Crippen LogP contribution >= 0.6 is 0 Å². The number of aliphatic carboxylic acids is 1. The van der Waals surface area contributed by atoms with E-state index in [-0.39, 0.29) is 12.5 Å². The lowest BCUT2D eigenvalue weighted by Gasteiger charge is -2.18. The van der Waals surface area contributed by atoms with E-state index in [9.17, 15) is 9.59 Å². The van der Waals surface area contributed by atoms with Gasteiger partial charge in [-0.1, -0.05) is 13.8 Å². The second kappa shape index (κ2) is 5.56. The van der Waals surface area contributed by atoms with Crippen molar-refractivity contribution in [2.75, 3.05) is 6.54 Å². The van der Waals surface area contributed by atoms with E-state index in [4.69, 9.17) is 15.9 Å². The van der Waals surface area contributed by atoms with Crippen molar-refractivity contribution in [2.24, 2.45) is 11.7 Å². The average Bonchev–Trinajstić information content (AvgIpc) is 2.02. The molecule has 0 aliphatic rings. The molecule has 0 aromatic heterocycles. The molecular weight excluding hydrogens is 188 g/mol. The normalized spacial score (nSPS) is 15.1. The Morgan fingerprint density at radius 1 is 1.43 bits per heavy atom. The van der Waals surface area contributed by atoms with Crippen LogP contribution in [0.2, 0.25) is 0 Å². The molecule has 5 N–H and O–H groups in total.